The van der Waals surface area contributed by atoms with E-state index < -0.39 is 0 Å². The van der Waals surface area contributed by atoms with E-state index in [0.717, 1.165) is 19.6 Å². The predicted molar refractivity (Wildman–Crippen MR) is 96.5 cm³/mol. The van der Waals surface area contributed by atoms with Crippen molar-refractivity contribution in [2.75, 3.05) is 13.6 Å². The molecule has 0 spiro atoms. The molecule has 1 N–H and O–H groups in total. The van der Waals surface area contributed by atoms with E-state index in [1.165, 1.54) is 15.6 Å². The van der Waals surface area contributed by atoms with Gasteiger partial charge in [0.05, 0.1) is 0 Å². The third-order valence-electron chi connectivity index (χ3n) is 4.08. The van der Waals surface area contributed by atoms with Gasteiger partial charge in [0, 0.05) is 23.6 Å². The number of hydrogen-bond acceptors (Lipinski definition) is 2. The molecule has 120 valence electrons. The highest BCUT2D eigenvalue weighted by atomic mass is 79.9. The lowest BCUT2D eigenvalue weighted by atomic mass is 10.0. The van der Waals surface area contributed by atoms with E-state index in [1.54, 1.807) is 0 Å². The fraction of sp³-hybridized carbons (Fsp3) is 0.667. The van der Waals surface area contributed by atoms with Crippen LogP contribution >= 0.6 is 15.9 Å². The fourth-order valence-electron chi connectivity index (χ4n) is 2.26. The molecular weight excluding hydrogens is 324 g/mol. The highest BCUT2D eigenvalue weighted by Gasteiger charge is 2.14. The van der Waals surface area contributed by atoms with Gasteiger partial charge in [-0.2, -0.15) is 0 Å². The van der Waals surface area contributed by atoms with Gasteiger partial charge in [0.1, 0.15) is 0 Å². The summed E-state index contributed by atoms with van der Waals surface area (Å²) in [7, 11) is 2.20. The van der Waals surface area contributed by atoms with Gasteiger partial charge in [-0.1, -0.05) is 55.8 Å². The Morgan fingerprint density at radius 2 is 1.81 bits per heavy atom. The summed E-state index contributed by atoms with van der Waals surface area (Å²) < 4.78 is 1.22. The van der Waals surface area contributed by atoms with Gasteiger partial charge < -0.3 is 5.32 Å². The maximum absolute atomic E-state index is 3.73. The monoisotopic (exact) mass is 354 g/mol. The van der Waals surface area contributed by atoms with E-state index in [2.05, 4.69) is 86.0 Å². The second-order valence-corrected chi connectivity index (χ2v) is 7.70. The van der Waals surface area contributed by atoms with Gasteiger partial charge in [-0.05, 0) is 49.5 Å². The third-order valence-corrected chi connectivity index (χ3v) is 4.82. The molecule has 0 aliphatic carbocycles. The lowest BCUT2D eigenvalue weighted by Crippen LogP contribution is -2.32. The molecule has 1 atom stereocenters. The van der Waals surface area contributed by atoms with E-state index in [4.69, 9.17) is 0 Å². The molecule has 0 aliphatic rings. The highest BCUT2D eigenvalue weighted by Crippen LogP contribution is 2.22. The summed E-state index contributed by atoms with van der Waals surface area (Å²) in [6, 6.07) is 7.32. The number of rotatable bonds is 8. The zero-order valence-corrected chi connectivity index (χ0v) is 16.0. The molecule has 0 radical (unpaired) electrons. The van der Waals surface area contributed by atoms with Crippen LogP contribution in [0, 0.1) is 11.8 Å². The van der Waals surface area contributed by atoms with Crippen molar-refractivity contribution in [2.45, 2.75) is 53.8 Å². The van der Waals surface area contributed by atoms with Crippen molar-refractivity contribution < 1.29 is 0 Å². The van der Waals surface area contributed by atoms with Crippen LogP contribution in [0.5, 0.6) is 0 Å². The Morgan fingerprint density at radius 3 is 2.33 bits per heavy atom. The molecule has 2 nitrogen and oxygen atoms in total. The summed E-state index contributed by atoms with van der Waals surface area (Å²) in [6.07, 6.45) is 0. The molecule has 3 heteroatoms. The van der Waals surface area contributed by atoms with Gasteiger partial charge in [-0.3, -0.25) is 4.90 Å². The van der Waals surface area contributed by atoms with E-state index >= 15 is 0 Å². The van der Waals surface area contributed by atoms with Gasteiger partial charge in [-0.15, -0.1) is 0 Å². The standard InChI is InChI=1S/C18H31BrN2/c1-13(2)10-20-11-16-7-8-17(18(19)9-16)12-21(6)15(5)14(3)4/h7-9,13-15,20H,10-12H2,1-6H3. The minimum atomic E-state index is 0.587. The first kappa shape index (κ1) is 18.7. The summed E-state index contributed by atoms with van der Waals surface area (Å²) in [5.74, 6) is 1.37. The molecule has 1 aromatic rings. The van der Waals surface area contributed by atoms with Gasteiger partial charge in [-0.25, -0.2) is 0 Å². The van der Waals surface area contributed by atoms with Crippen molar-refractivity contribution in [2.24, 2.45) is 11.8 Å². The smallest absolute Gasteiger partial charge is 0.0244 e. The minimum Gasteiger partial charge on any atom is -0.312 e. The van der Waals surface area contributed by atoms with Crippen molar-refractivity contribution in [1.29, 1.82) is 0 Å². The summed E-state index contributed by atoms with van der Waals surface area (Å²) in [5.41, 5.74) is 2.70. The second kappa shape index (κ2) is 8.92. The molecule has 0 aromatic heterocycles. The zero-order chi connectivity index (χ0) is 16.0. The van der Waals surface area contributed by atoms with Crippen LogP contribution in [0.1, 0.15) is 45.7 Å². The van der Waals surface area contributed by atoms with Crippen LogP contribution in [0.2, 0.25) is 0 Å². The lowest BCUT2D eigenvalue weighted by Gasteiger charge is -2.28. The van der Waals surface area contributed by atoms with E-state index in [0.29, 0.717) is 17.9 Å². The molecule has 0 saturated heterocycles. The molecule has 0 aliphatic heterocycles. The van der Waals surface area contributed by atoms with Crippen molar-refractivity contribution in [3.05, 3.63) is 33.8 Å². The molecule has 0 heterocycles. The Bertz CT molecular complexity index is 429. The van der Waals surface area contributed by atoms with E-state index in [1.807, 2.05) is 0 Å². The molecular formula is C18H31BrN2. The number of benzene rings is 1. The number of nitrogens with zero attached hydrogens (tertiary/aromatic N) is 1. The fourth-order valence-corrected chi connectivity index (χ4v) is 2.81. The normalized spacial score (nSPS) is 13.4. The summed E-state index contributed by atoms with van der Waals surface area (Å²) in [6.45, 7) is 14.3. The molecule has 1 rings (SSSR count). The van der Waals surface area contributed by atoms with Crippen LogP contribution in [0.15, 0.2) is 22.7 Å². The topological polar surface area (TPSA) is 15.3 Å². The van der Waals surface area contributed by atoms with Gasteiger partial charge in [0.2, 0.25) is 0 Å². The van der Waals surface area contributed by atoms with Crippen LogP contribution in [0.25, 0.3) is 0 Å². The second-order valence-electron chi connectivity index (χ2n) is 6.85. The van der Waals surface area contributed by atoms with Crippen molar-refractivity contribution in [3.63, 3.8) is 0 Å². The predicted octanol–water partition coefficient (Wildman–Crippen LogP) is 4.67. The molecule has 1 unspecified atom stereocenters. The molecule has 1 aromatic carbocycles. The van der Waals surface area contributed by atoms with Crippen LogP contribution in [0.3, 0.4) is 0 Å². The first-order chi connectivity index (χ1) is 9.81. The number of nitrogens with one attached hydrogen (secondary N) is 1. The van der Waals surface area contributed by atoms with Crippen LogP contribution in [-0.4, -0.2) is 24.5 Å². The average Bonchev–Trinajstić information content (AvgIpc) is 2.40. The third kappa shape index (κ3) is 6.50. The average molecular weight is 355 g/mol. The first-order valence-electron chi connectivity index (χ1n) is 7.99. The van der Waals surface area contributed by atoms with Crippen LogP contribution < -0.4 is 5.32 Å². The van der Waals surface area contributed by atoms with Crippen molar-refractivity contribution >= 4 is 15.9 Å². The molecule has 0 saturated carbocycles. The highest BCUT2D eigenvalue weighted by molar-refractivity contribution is 9.10. The zero-order valence-electron chi connectivity index (χ0n) is 14.4. The van der Waals surface area contributed by atoms with Crippen molar-refractivity contribution in [3.8, 4) is 0 Å². The lowest BCUT2D eigenvalue weighted by molar-refractivity contribution is 0.200. The molecule has 0 bridgehead atoms. The van der Waals surface area contributed by atoms with Crippen molar-refractivity contribution in [1.82, 2.24) is 10.2 Å². The van der Waals surface area contributed by atoms with Gasteiger partial charge >= 0.3 is 0 Å². The van der Waals surface area contributed by atoms with Gasteiger partial charge in [0.15, 0.2) is 0 Å². The quantitative estimate of drug-likeness (QED) is 0.729. The Labute approximate surface area is 139 Å². The summed E-state index contributed by atoms with van der Waals surface area (Å²) in [5, 5.41) is 3.49. The largest absolute Gasteiger partial charge is 0.312 e. The number of halogens is 1. The van der Waals surface area contributed by atoms with Crippen LogP contribution in [0.4, 0.5) is 0 Å². The first-order valence-corrected chi connectivity index (χ1v) is 8.78. The Morgan fingerprint density at radius 1 is 1.14 bits per heavy atom. The summed E-state index contributed by atoms with van der Waals surface area (Å²) >= 11 is 3.73. The van der Waals surface area contributed by atoms with Gasteiger partial charge in [0.25, 0.3) is 0 Å². The van der Waals surface area contributed by atoms with E-state index in [-0.39, 0.29) is 0 Å². The minimum absolute atomic E-state index is 0.587. The SMILES string of the molecule is CC(C)CNCc1ccc(CN(C)C(C)C(C)C)c(Br)c1. The molecule has 0 fully saturated rings. The van der Waals surface area contributed by atoms with E-state index in [9.17, 15) is 0 Å². The molecule has 21 heavy (non-hydrogen) atoms. The maximum atomic E-state index is 3.73. The Hall–Kier alpha value is -0.380. The van der Waals surface area contributed by atoms with Crippen LogP contribution in [-0.2, 0) is 13.1 Å². The number of hydrogen-bond donors (Lipinski definition) is 1. The Balaban J connectivity index is 2.61. The Kier molecular flexibility index (Phi) is 7.93. The molecule has 0 amide bonds. The maximum Gasteiger partial charge on any atom is 0.0244 e. The summed E-state index contributed by atoms with van der Waals surface area (Å²) in [4.78, 5) is 2.42.